The van der Waals surface area contributed by atoms with E-state index < -0.39 is 0 Å². The fourth-order valence-corrected chi connectivity index (χ4v) is 4.40. The highest BCUT2D eigenvalue weighted by Gasteiger charge is 2.24. The molecular formula is C23H29S. The number of rotatable bonds is 6. The minimum Gasteiger partial charge on any atom is -0.0801 e. The van der Waals surface area contributed by atoms with E-state index in [1.807, 2.05) is 0 Å². The van der Waals surface area contributed by atoms with Crippen LogP contribution in [0.15, 0.2) is 53.4 Å². The lowest BCUT2D eigenvalue weighted by Gasteiger charge is -2.30. The zero-order valence-corrected chi connectivity index (χ0v) is 15.7. The molecule has 0 bridgehead atoms. The first-order valence-electron chi connectivity index (χ1n) is 9.64. The molecule has 0 heterocycles. The predicted molar refractivity (Wildman–Crippen MR) is 107 cm³/mol. The molecule has 1 heteroatoms. The summed E-state index contributed by atoms with van der Waals surface area (Å²) < 4.78 is 0. The molecule has 1 aliphatic rings. The maximum Gasteiger partial charge on any atom is 0.0380 e. The molecule has 0 unspecified atom stereocenters. The molecule has 0 atom stereocenters. The topological polar surface area (TPSA) is 0 Å². The molecular weight excluding hydrogens is 308 g/mol. The third-order valence-electron chi connectivity index (χ3n) is 5.61. The van der Waals surface area contributed by atoms with E-state index in [4.69, 9.17) is 12.6 Å². The summed E-state index contributed by atoms with van der Waals surface area (Å²) in [5, 5.41) is 0. The standard InChI is InChI=1S/C23H29S/c1-2-3-5-8-18-11-13-20(14-12-18)23-17-21(24)15-16-22(23)19-9-6-4-7-10-19/h4,6-7,9-10,15-18,20H,2-3,5,8,11-14H2,1H3. The van der Waals surface area contributed by atoms with E-state index in [-0.39, 0.29) is 0 Å². The average molecular weight is 338 g/mol. The van der Waals surface area contributed by atoms with Crippen molar-refractivity contribution in [1.29, 1.82) is 0 Å². The normalized spacial score (nSPS) is 20.9. The Morgan fingerprint density at radius 2 is 1.67 bits per heavy atom. The molecule has 0 N–H and O–H groups in total. The molecule has 127 valence electrons. The lowest BCUT2D eigenvalue weighted by molar-refractivity contribution is 0.303. The maximum absolute atomic E-state index is 5.47. The number of hydrogen-bond acceptors (Lipinski definition) is 0. The summed E-state index contributed by atoms with van der Waals surface area (Å²) in [6.07, 6.45) is 11.0. The monoisotopic (exact) mass is 337 g/mol. The lowest BCUT2D eigenvalue weighted by atomic mass is 9.75. The van der Waals surface area contributed by atoms with E-state index in [1.54, 1.807) is 0 Å². The second-order valence-corrected chi connectivity index (χ2v) is 7.80. The number of hydrogen-bond donors (Lipinski definition) is 0. The van der Waals surface area contributed by atoms with E-state index in [0.717, 1.165) is 10.8 Å². The first kappa shape index (κ1) is 17.5. The van der Waals surface area contributed by atoms with Crippen molar-refractivity contribution >= 4 is 12.6 Å². The minimum absolute atomic E-state index is 0.686. The summed E-state index contributed by atoms with van der Waals surface area (Å²) in [4.78, 5) is 0.981. The van der Waals surface area contributed by atoms with Crippen LogP contribution in [-0.4, -0.2) is 0 Å². The summed E-state index contributed by atoms with van der Waals surface area (Å²) in [5.41, 5.74) is 4.20. The Morgan fingerprint density at radius 1 is 0.917 bits per heavy atom. The largest absolute Gasteiger partial charge is 0.0801 e. The highest BCUT2D eigenvalue weighted by Crippen LogP contribution is 2.41. The Bertz CT molecular complexity index is 624. The minimum atomic E-state index is 0.686. The SMILES string of the molecule is CCCCCC1CCC(c2cc([S])ccc2-c2ccccc2)CC1. The summed E-state index contributed by atoms with van der Waals surface area (Å²) in [7, 11) is 0. The van der Waals surface area contributed by atoms with Crippen LogP contribution in [0.2, 0.25) is 0 Å². The first-order valence-corrected chi connectivity index (χ1v) is 10.0. The predicted octanol–water partition coefficient (Wildman–Crippen LogP) is 7.76. The fraction of sp³-hybridized carbons (Fsp3) is 0.478. The van der Waals surface area contributed by atoms with Crippen LogP contribution in [0.25, 0.3) is 11.1 Å². The molecule has 2 aromatic carbocycles. The summed E-state index contributed by atoms with van der Waals surface area (Å²) in [6.45, 7) is 2.30. The molecule has 0 saturated heterocycles. The number of benzene rings is 2. The van der Waals surface area contributed by atoms with E-state index in [0.29, 0.717) is 5.92 Å². The zero-order chi connectivity index (χ0) is 16.8. The Morgan fingerprint density at radius 3 is 2.38 bits per heavy atom. The highest BCUT2D eigenvalue weighted by atomic mass is 32.1. The molecule has 0 amide bonds. The van der Waals surface area contributed by atoms with Crippen LogP contribution in [0.4, 0.5) is 0 Å². The summed E-state index contributed by atoms with van der Waals surface area (Å²) >= 11 is 5.47. The van der Waals surface area contributed by atoms with Crippen LogP contribution in [0.5, 0.6) is 0 Å². The van der Waals surface area contributed by atoms with Crippen LogP contribution in [0, 0.1) is 5.92 Å². The van der Waals surface area contributed by atoms with E-state index in [1.165, 1.54) is 68.1 Å². The molecule has 1 aliphatic carbocycles. The van der Waals surface area contributed by atoms with Gasteiger partial charge in [-0.2, -0.15) is 0 Å². The van der Waals surface area contributed by atoms with Crippen LogP contribution in [-0.2, 0) is 0 Å². The van der Waals surface area contributed by atoms with E-state index in [2.05, 4.69) is 55.5 Å². The molecule has 1 fully saturated rings. The van der Waals surface area contributed by atoms with Gasteiger partial charge in [0.1, 0.15) is 0 Å². The van der Waals surface area contributed by atoms with Crippen LogP contribution >= 0.6 is 12.6 Å². The van der Waals surface area contributed by atoms with Gasteiger partial charge in [-0.15, -0.1) is 0 Å². The van der Waals surface area contributed by atoms with Gasteiger partial charge in [0.05, 0.1) is 0 Å². The fourth-order valence-electron chi connectivity index (χ4n) is 4.20. The molecule has 3 rings (SSSR count). The van der Waals surface area contributed by atoms with Gasteiger partial charge in [-0.25, -0.2) is 0 Å². The summed E-state index contributed by atoms with van der Waals surface area (Å²) in [5.74, 6) is 1.64. The second kappa shape index (κ2) is 8.67. The van der Waals surface area contributed by atoms with Gasteiger partial charge in [0, 0.05) is 4.90 Å². The molecule has 1 radical (unpaired) electrons. The van der Waals surface area contributed by atoms with Gasteiger partial charge >= 0.3 is 0 Å². The Kier molecular flexibility index (Phi) is 6.31. The molecule has 0 aromatic heterocycles. The highest BCUT2D eigenvalue weighted by molar-refractivity contribution is 7.80. The number of unbranched alkanes of at least 4 members (excludes halogenated alkanes) is 2. The van der Waals surface area contributed by atoms with Crippen molar-refractivity contribution in [1.82, 2.24) is 0 Å². The van der Waals surface area contributed by atoms with Crippen molar-refractivity contribution in [3.05, 3.63) is 54.1 Å². The smallest absolute Gasteiger partial charge is 0.0380 e. The Hall–Kier alpha value is -1.34. The van der Waals surface area contributed by atoms with Gasteiger partial charge in [-0.05, 0) is 66.3 Å². The third-order valence-corrected chi connectivity index (χ3v) is 5.86. The molecule has 2 aromatic rings. The van der Waals surface area contributed by atoms with Crippen LogP contribution in [0.1, 0.15) is 69.8 Å². The Balaban J connectivity index is 1.72. The third kappa shape index (κ3) is 4.39. The van der Waals surface area contributed by atoms with Gasteiger partial charge in [0.15, 0.2) is 0 Å². The molecule has 0 nitrogen and oxygen atoms in total. The first-order chi connectivity index (χ1) is 11.8. The van der Waals surface area contributed by atoms with Crippen molar-refractivity contribution in [3.63, 3.8) is 0 Å². The van der Waals surface area contributed by atoms with Gasteiger partial charge < -0.3 is 0 Å². The van der Waals surface area contributed by atoms with Crippen molar-refractivity contribution < 1.29 is 0 Å². The lowest BCUT2D eigenvalue weighted by Crippen LogP contribution is -2.14. The van der Waals surface area contributed by atoms with Gasteiger partial charge in [-0.3, -0.25) is 0 Å². The zero-order valence-electron chi connectivity index (χ0n) is 14.8. The second-order valence-electron chi connectivity index (χ2n) is 7.33. The van der Waals surface area contributed by atoms with Crippen LogP contribution in [0.3, 0.4) is 0 Å². The molecule has 24 heavy (non-hydrogen) atoms. The van der Waals surface area contributed by atoms with Crippen molar-refractivity contribution in [3.8, 4) is 11.1 Å². The summed E-state index contributed by atoms with van der Waals surface area (Å²) in [6, 6.07) is 17.4. The maximum atomic E-state index is 5.47. The van der Waals surface area contributed by atoms with Crippen molar-refractivity contribution in [2.75, 3.05) is 0 Å². The van der Waals surface area contributed by atoms with Gasteiger partial charge in [0.2, 0.25) is 0 Å². The average Bonchev–Trinajstić information content (AvgIpc) is 2.63. The van der Waals surface area contributed by atoms with Crippen LogP contribution < -0.4 is 0 Å². The van der Waals surface area contributed by atoms with Crippen molar-refractivity contribution in [2.24, 2.45) is 5.92 Å². The Labute approximate surface area is 153 Å². The van der Waals surface area contributed by atoms with Crippen molar-refractivity contribution in [2.45, 2.75) is 69.1 Å². The van der Waals surface area contributed by atoms with E-state index in [9.17, 15) is 0 Å². The van der Waals surface area contributed by atoms with E-state index >= 15 is 0 Å². The molecule has 0 spiro atoms. The molecule has 1 saturated carbocycles. The van der Waals surface area contributed by atoms with Gasteiger partial charge in [-0.1, -0.05) is 81.6 Å². The quantitative estimate of drug-likeness (QED) is 0.472. The molecule has 0 aliphatic heterocycles. The van der Waals surface area contributed by atoms with Gasteiger partial charge in [0.25, 0.3) is 0 Å².